The van der Waals surface area contributed by atoms with Gasteiger partial charge in [-0.2, -0.15) is 0 Å². The molecule has 0 bridgehead atoms. The van der Waals surface area contributed by atoms with Crippen LogP contribution in [0.25, 0.3) is 11.0 Å². The van der Waals surface area contributed by atoms with Crippen molar-refractivity contribution >= 4 is 16.9 Å². The third-order valence-corrected chi connectivity index (χ3v) is 4.16. The molecule has 1 atom stereocenters. The van der Waals surface area contributed by atoms with E-state index in [2.05, 4.69) is 6.58 Å². The first-order valence-corrected chi connectivity index (χ1v) is 8.79. The molecule has 0 N–H and O–H groups in total. The minimum Gasteiger partial charge on any atom is -0.496 e. The molecular formula is C21H26O6. The quantitative estimate of drug-likeness (QED) is 0.396. The Hall–Kier alpha value is -2.76. The molecule has 6 heteroatoms. The van der Waals surface area contributed by atoms with Gasteiger partial charge in [-0.15, -0.1) is 0 Å². The normalized spacial score (nSPS) is 12.1. The summed E-state index contributed by atoms with van der Waals surface area (Å²) in [5.74, 6) is 0.909. The number of methoxy groups -OCH3 is 2. The number of fused-ring (bicyclic) bond motifs is 1. The van der Waals surface area contributed by atoms with Crippen molar-refractivity contribution in [3.05, 3.63) is 46.3 Å². The van der Waals surface area contributed by atoms with E-state index in [1.807, 2.05) is 13.8 Å². The largest absolute Gasteiger partial charge is 0.496 e. The van der Waals surface area contributed by atoms with Crippen molar-refractivity contribution in [1.29, 1.82) is 0 Å². The van der Waals surface area contributed by atoms with Crippen LogP contribution < -0.4 is 15.1 Å². The summed E-state index contributed by atoms with van der Waals surface area (Å²) in [4.78, 5) is 23.9. The van der Waals surface area contributed by atoms with Crippen LogP contribution in [0, 0.1) is 5.92 Å². The monoisotopic (exact) mass is 374 g/mol. The number of benzene rings is 1. The molecule has 1 aromatic carbocycles. The summed E-state index contributed by atoms with van der Waals surface area (Å²) in [5, 5.41) is 0.641. The first-order chi connectivity index (χ1) is 12.8. The van der Waals surface area contributed by atoms with Crippen LogP contribution in [0.15, 0.2) is 39.6 Å². The molecule has 0 aliphatic carbocycles. The Kier molecular flexibility index (Phi) is 6.66. The predicted molar refractivity (Wildman–Crippen MR) is 103 cm³/mol. The van der Waals surface area contributed by atoms with E-state index in [9.17, 15) is 9.59 Å². The highest BCUT2D eigenvalue weighted by molar-refractivity contribution is 5.88. The van der Waals surface area contributed by atoms with Crippen LogP contribution in [0.1, 0.15) is 32.8 Å². The van der Waals surface area contributed by atoms with Gasteiger partial charge in [0.25, 0.3) is 0 Å². The van der Waals surface area contributed by atoms with Crippen LogP contribution in [-0.4, -0.2) is 26.3 Å². The number of rotatable bonds is 8. The Bertz CT molecular complexity index is 893. The smallest absolute Gasteiger partial charge is 0.336 e. The average Bonchev–Trinajstić information content (AvgIpc) is 2.60. The van der Waals surface area contributed by atoms with E-state index in [1.54, 1.807) is 19.1 Å². The summed E-state index contributed by atoms with van der Waals surface area (Å²) >= 11 is 0. The van der Waals surface area contributed by atoms with Crippen molar-refractivity contribution in [1.82, 2.24) is 0 Å². The number of hydrogen-bond donors (Lipinski definition) is 0. The highest BCUT2D eigenvalue weighted by atomic mass is 16.5. The standard InChI is InChI=1S/C21H26O6/c1-12(2)9-20(23)26-16(13(3)4)10-15-18(25-6)11-17(24-5)14-7-8-19(22)27-21(14)15/h7-8,11-12,16H,3,9-10H2,1-2,4-6H3. The van der Waals surface area contributed by atoms with E-state index in [1.165, 1.54) is 20.3 Å². The Labute approximate surface area is 158 Å². The lowest BCUT2D eigenvalue weighted by atomic mass is 9.99. The molecule has 0 saturated heterocycles. The van der Waals surface area contributed by atoms with Gasteiger partial charge >= 0.3 is 11.6 Å². The molecule has 6 nitrogen and oxygen atoms in total. The van der Waals surface area contributed by atoms with Crippen molar-refractivity contribution in [2.75, 3.05) is 14.2 Å². The molecule has 2 aromatic rings. The van der Waals surface area contributed by atoms with E-state index < -0.39 is 11.7 Å². The van der Waals surface area contributed by atoms with Gasteiger partial charge in [0.05, 0.1) is 19.6 Å². The molecule has 27 heavy (non-hydrogen) atoms. The SMILES string of the molecule is C=C(C)C(Cc1c(OC)cc(OC)c2ccc(=O)oc12)OC(=O)CC(C)C. The van der Waals surface area contributed by atoms with Crippen LogP contribution in [0.2, 0.25) is 0 Å². The molecule has 0 spiro atoms. The zero-order valence-corrected chi connectivity index (χ0v) is 16.5. The molecule has 1 aromatic heterocycles. The molecule has 0 aliphatic rings. The number of carbonyl (C=O) groups excluding carboxylic acids is 1. The lowest BCUT2D eigenvalue weighted by Crippen LogP contribution is -2.23. The predicted octanol–water partition coefficient (Wildman–Crippen LogP) is 3.89. The second kappa shape index (κ2) is 8.75. The summed E-state index contributed by atoms with van der Waals surface area (Å²) in [5.41, 5.74) is 1.18. The number of ether oxygens (including phenoxy) is 3. The zero-order valence-electron chi connectivity index (χ0n) is 16.5. The minimum atomic E-state index is -0.563. The Morgan fingerprint density at radius 3 is 2.41 bits per heavy atom. The maximum atomic E-state index is 12.1. The van der Waals surface area contributed by atoms with Gasteiger partial charge in [0.2, 0.25) is 0 Å². The van der Waals surface area contributed by atoms with E-state index in [-0.39, 0.29) is 18.3 Å². The van der Waals surface area contributed by atoms with Gasteiger partial charge in [0.15, 0.2) is 0 Å². The van der Waals surface area contributed by atoms with Gasteiger partial charge in [0.1, 0.15) is 23.2 Å². The molecule has 0 amide bonds. The molecule has 0 aliphatic heterocycles. The van der Waals surface area contributed by atoms with Gasteiger partial charge in [0, 0.05) is 30.5 Å². The summed E-state index contributed by atoms with van der Waals surface area (Å²) in [7, 11) is 3.05. The van der Waals surface area contributed by atoms with Crippen molar-refractivity contribution in [3.63, 3.8) is 0 Å². The molecule has 0 saturated carbocycles. The molecular weight excluding hydrogens is 348 g/mol. The first kappa shape index (κ1) is 20.6. The lowest BCUT2D eigenvalue weighted by molar-refractivity contribution is -0.148. The first-order valence-electron chi connectivity index (χ1n) is 8.79. The fourth-order valence-corrected chi connectivity index (χ4v) is 2.82. The van der Waals surface area contributed by atoms with Gasteiger partial charge in [-0.1, -0.05) is 20.4 Å². The van der Waals surface area contributed by atoms with Crippen LogP contribution in [0.4, 0.5) is 0 Å². The van der Waals surface area contributed by atoms with Crippen LogP contribution >= 0.6 is 0 Å². The van der Waals surface area contributed by atoms with Crippen molar-refractivity contribution in [2.45, 2.75) is 39.7 Å². The molecule has 1 heterocycles. The maximum absolute atomic E-state index is 12.1. The van der Waals surface area contributed by atoms with Crippen LogP contribution in [-0.2, 0) is 16.0 Å². The lowest BCUT2D eigenvalue weighted by Gasteiger charge is -2.21. The van der Waals surface area contributed by atoms with E-state index >= 15 is 0 Å². The summed E-state index contributed by atoms with van der Waals surface area (Å²) in [6.07, 6.45) is 0.0297. The van der Waals surface area contributed by atoms with Gasteiger partial charge in [-0.05, 0) is 24.5 Å². The van der Waals surface area contributed by atoms with Gasteiger partial charge < -0.3 is 18.6 Å². The van der Waals surface area contributed by atoms with Crippen LogP contribution in [0.3, 0.4) is 0 Å². The highest BCUT2D eigenvalue weighted by Crippen LogP contribution is 2.36. The molecule has 146 valence electrons. The second-order valence-corrected chi connectivity index (χ2v) is 6.88. The summed E-state index contributed by atoms with van der Waals surface area (Å²) in [6.45, 7) is 9.63. The van der Waals surface area contributed by atoms with Gasteiger partial charge in [-0.25, -0.2) is 4.79 Å². The summed E-state index contributed by atoms with van der Waals surface area (Å²) in [6, 6.07) is 4.70. The number of hydrogen-bond acceptors (Lipinski definition) is 6. The third-order valence-electron chi connectivity index (χ3n) is 4.16. The minimum absolute atomic E-state index is 0.192. The fourth-order valence-electron chi connectivity index (χ4n) is 2.82. The number of esters is 1. The maximum Gasteiger partial charge on any atom is 0.336 e. The van der Waals surface area contributed by atoms with Crippen LogP contribution in [0.5, 0.6) is 11.5 Å². The average molecular weight is 374 g/mol. The van der Waals surface area contributed by atoms with E-state index in [0.717, 1.165) is 0 Å². The molecule has 2 rings (SSSR count). The second-order valence-electron chi connectivity index (χ2n) is 6.88. The van der Waals surface area contributed by atoms with Crippen molar-refractivity contribution in [3.8, 4) is 11.5 Å². The molecule has 0 fully saturated rings. The van der Waals surface area contributed by atoms with Crippen molar-refractivity contribution in [2.24, 2.45) is 5.92 Å². The third kappa shape index (κ3) is 4.90. The van der Waals surface area contributed by atoms with E-state index in [4.69, 9.17) is 18.6 Å². The van der Waals surface area contributed by atoms with Crippen molar-refractivity contribution < 1.29 is 23.4 Å². The zero-order chi connectivity index (χ0) is 20.1. The Morgan fingerprint density at radius 2 is 1.85 bits per heavy atom. The Morgan fingerprint density at radius 1 is 1.19 bits per heavy atom. The summed E-state index contributed by atoms with van der Waals surface area (Å²) < 4.78 is 21.9. The van der Waals surface area contributed by atoms with E-state index in [0.29, 0.717) is 40.0 Å². The highest BCUT2D eigenvalue weighted by Gasteiger charge is 2.23. The number of carbonyl (C=O) groups is 1. The topological polar surface area (TPSA) is 75.0 Å². The molecule has 0 radical (unpaired) electrons. The Balaban J connectivity index is 2.51. The fraction of sp³-hybridized carbons (Fsp3) is 0.429. The molecule has 1 unspecified atom stereocenters. The van der Waals surface area contributed by atoms with Gasteiger partial charge in [-0.3, -0.25) is 4.79 Å².